The molecule has 2 aromatic carbocycles. The first-order valence-corrected chi connectivity index (χ1v) is 12.6. The number of benzene rings is 2. The van der Waals surface area contributed by atoms with Crippen molar-refractivity contribution >= 4 is 40.1 Å². The number of aromatic nitrogens is 3. The van der Waals surface area contributed by atoms with Crippen molar-refractivity contribution in [1.29, 1.82) is 0 Å². The van der Waals surface area contributed by atoms with Gasteiger partial charge in [-0.1, -0.05) is 18.2 Å². The third-order valence-corrected chi connectivity index (χ3v) is 6.64. The second kappa shape index (κ2) is 11.4. The molecule has 0 aliphatic rings. The van der Waals surface area contributed by atoms with Gasteiger partial charge in [-0.25, -0.2) is 13.8 Å². The lowest BCUT2D eigenvalue weighted by molar-refractivity contribution is 0.0772. The SMILES string of the molecule is CNSNc1cccc(-c2nn(CC(O)CO)c(=O)c3c(Nc4ccc(C)cc4F)c(C)c(=O)n(C)c23)c1. The number of halogens is 1. The second-order valence-electron chi connectivity index (χ2n) is 8.86. The Morgan fingerprint density at radius 2 is 1.89 bits per heavy atom. The van der Waals surface area contributed by atoms with Crippen LogP contribution in [0.2, 0.25) is 0 Å². The van der Waals surface area contributed by atoms with Crippen molar-refractivity contribution in [2.45, 2.75) is 26.5 Å². The summed E-state index contributed by atoms with van der Waals surface area (Å²) in [6.07, 6.45) is -1.25. The first kappa shape index (κ1) is 27.3. The van der Waals surface area contributed by atoms with Crippen LogP contribution in [0.5, 0.6) is 0 Å². The molecule has 4 aromatic rings. The predicted octanol–water partition coefficient (Wildman–Crippen LogP) is 2.81. The molecule has 4 rings (SSSR count). The summed E-state index contributed by atoms with van der Waals surface area (Å²) in [7, 11) is 3.31. The van der Waals surface area contributed by atoms with Gasteiger partial charge in [-0.3, -0.25) is 9.59 Å². The highest BCUT2D eigenvalue weighted by Crippen LogP contribution is 2.32. The van der Waals surface area contributed by atoms with Crippen molar-refractivity contribution in [2.75, 3.05) is 23.7 Å². The largest absolute Gasteiger partial charge is 0.394 e. The van der Waals surface area contributed by atoms with Gasteiger partial charge in [-0.15, -0.1) is 0 Å². The number of rotatable bonds is 9. The number of aryl methyl sites for hydroxylation is 2. The van der Waals surface area contributed by atoms with Crippen LogP contribution < -0.4 is 25.9 Å². The molecular formula is C26H29FN6O4S. The lowest BCUT2D eigenvalue weighted by Gasteiger charge is -2.20. The fourth-order valence-electron chi connectivity index (χ4n) is 4.19. The minimum absolute atomic E-state index is 0.0997. The van der Waals surface area contributed by atoms with Crippen LogP contribution in [0, 0.1) is 19.7 Å². The summed E-state index contributed by atoms with van der Waals surface area (Å²) in [4.78, 5) is 27.1. The Morgan fingerprint density at radius 1 is 1.13 bits per heavy atom. The van der Waals surface area contributed by atoms with Crippen LogP contribution in [0.3, 0.4) is 0 Å². The van der Waals surface area contributed by atoms with Gasteiger partial charge in [-0.05, 0) is 50.7 Å². The summed E-state index contributed by atoms with van der Waals surface area (Å²) in [5.74, 6) is -0.538. The Morgan fingerprint density at radius 3 is 2.58 bits per heavy atom. The molecule has 0 saturated heterocycles. The van der Waals surface area contributed by atoms with Crippen LogP contribution in [-0.4, -0.2) is 44.3 Å². The standard InChI is InChI=1S/C26H29FN6O4S/c1-14-8-9-20(19(27)10-14)29-22-15(2)25(36)32(4)24-21(22)26(37)33(12-18(35)13-34)30-23(24)16-6-5-7-17(11-16)31-38-28-3/h5-11,18,28-29,31,34-35H,12-13H2,1-4H3. The molecular weight excluding hydrogens is 511 g/mol. The lowest BCUT2D eigenvalue weighted by Crippen LogP contribution is -2.33. The number of anilines is 3. The lowest BCUT2D eigenvalue weighted by atomic mass is 10.0. The average Bonchev–Trinajstić information content (AvgIpc) is 2.90. The smallest absolute Gasteiger partial charge is 0.278 e. The van der Waals surface area contributed by atoms with Crippen LogP contribution in [0.4, 0.5) is 21.5 Å². The predicted molar refractivity (Wildman–Crippen MR) is 149 cm³/mol. The van der Waals surface area contributed by atoms with Crippen molar-refractivity contribution < 1.29 is 14.6 Å². The number of aliphatic hydroxyl groups excluding tert-OH is 2. The number of hydrogen-bond donors (Lipinski definition) is 5. The fourth-order valence-corrected chi connectivity index (χ4v) is 4.54. The first-order valence-electron chi connectivity index (χ1n) is 11.8. The van der Waals surface area contributed by atoms with E-state index < -0.39 is 24.1 Å². The minimum Gasteiger partial charge on any atom is -0.394 e. The molecule has 0 fully saturated rings. The molecule has 0 bridgehead atoms. The molecule has 2 heterocycles. The third-order valence-electron chi connectivity index (χ3n) is 6.10. The average molecular weight is 541 g/mol. The summed E-state index contributed by atoms with van der Waals surface area (Å²) < 4.78 is 23.3. The highest BCUT2D eigenvalue weighted by molar-refractivity contribution is 7.98. The van der Waals surface area contributed by atoms with E-state index in [1.54, 1.807) is 52.2 Å². The molecule has 38 heavy (non-hydrogen) atoms. The molecule has 0 amide bonds. The maximum Gasteiger partial charge on any atom is 0.278 e. The van der Waals surface area contributed by atoms with Gasteiger partial charge in [-0.2, -0.15) is 5.10 Å². The van der Waals surface area contributed by atoms with Gasteiger partial charge in [0.05, 0.1) is 41.5 Å². The van der Waals surface area contributed by atoms with Gasteiger partial charge in [0.15, 0.2) is 0 Å². The molecule has 0 radical (unpaired) electrons. The van der Waals surface area contributed by atoms with Crippen LogP contribution in [0.15, 0.2) is 52.1 Å². The summed E-state index contributed by atoms with van der Waals surface area (Å²) in [5, 5.41) is 27.1. The van der Waals surface area contributed by atoms with Gasteiger partial charge >= 0.3 is 0 Å². The topological polar surface area (TPSA) is 133 Å². The van der Waals surface area contributed by atoms with E-state index >= 15 is 0 Å². The molecule has 10 nitrogen and oxygen atoms in total. The minimum atomic E-state index is -1.25. The van der Waals surface area contributed by atoms with Crippen LogP contribution in [0.1, 0.15) is 11.1 Å². The molecule has 0 aliphatic carbocycles. The Balaban J connectivity index is 2.08. The maximum absolute atomic E-state index is 14.8. The monoisotopic (exact) mass is 540 g/mol. The summed E-state index contributed by atoms with van der Waals surface area (Å²) >= 11 is 1.26. The molecule has 1 unspecified atom stereocenters. The number of fused-ring (bicyclic) bond motifs is 1. The van der Waals surface area contributed by atoms with Crippen molar-refractivity contribution in [3.05, 3.63) is 80.1 Å². The van der Waals surface area contributed by atoms with Gasteiger partial charge in [0.1, 0.15) is 11.5 Å². The van der Waals surface area contributed by atoms with E-state index in [1.807, 2.05) is 6.07 Å². The van der Waals surface area contributed by atoms with Crippen molar-refractivity contribution in [3.8, 4) is 11.3 Å². The molecule has 2 aromatic heterocycles. The Bertz CT molecular complexity index is 1620. The van der Waals surface area contributed by atoms with Crippen LogP contribution in [0.25, 0.3) is 22.2 Å². The zero-order chi connectivity index (χ0) is 27.6. The molecule has 0 saturated carbocycles. The van der Waals surface area contributed by atoms with E-state index in [-0.39, 0.29) is 39.9 Å². The second-order valence-corrected chi connectivity index (χ2v) is 9.67. The van der Waals surface area contributed by atoms with Gasteiger partial charge in [0.2, 0.25) is 0 Å². The highest BCUT2D eigenvalue weighted by Gasteiger charge is 2.23. The van der Waals surface area contributed by atoms with E-state index in [1.165, 1.54) is 28.8 Å². The van der Waals surface area contributed by atoms with Gasteiger partial charge in [0, 0.05) is 36.0 Å². The third kappa shape index (κ3) is 5.29. The number of nitrogens with one attached hydrogen (secondary N) is 3. The zero-order valence-corrected chi connectivity index (χ0v) is 22.2. The van der Waals surface area contributed by atoms with Gasteiger partial charge < -0.3 is 24.8 Å². The Hall–Kier alpha value is -3.71. The maximum atomic E-state index is 14.8. The van der Waals surface area contributed by atoms with Crippen molar-refractivity contribution in [3.63, 3.8) is 0 Å². The molecule has 12 heteroatoms. The first-order chi connectivity index (χ1) is 18.2. The van der Waals surface area contributed by atoms with Crippen LogP contribution in [-0.2, 0) is 13.6 Å². The molecule has 200 valence electrons. The number of pyridine rings is 1. The summed E-state index contributed by atoms with van der Waals surface area (Å²) in [6, 6.07) is 11.8. The fraction of sp³-hybridized carbons (Fsp3) is 0.269. The van der Waals surface area contributed by atoms with Crippen molar-refractivity contribution in [2.24, 2.45) is 7.05 Å². The summed E-state index contributed by atoms with van der Waals surface area (Å²) in [6.45, 7) is 2.45. The van der Waals surface area contributed by atoms with E-state index in [9.17, 15) is 24.2 Å². The van der Waals surface area contributed by atoms with Gasteiger partial charge in [0.25, 0.3) is 11.1 Å². The van der Waals surface area contributed by atoms with Crippen molar-refractivity contribution in [1.82, 2.24) is 19.1 Å². The summed E-state index contributed by atoms with van der Waals surface area (Å²) in [5.41, 5.74) is 2.06. The molecule has 0 aliphatic heterocycles. The number of nitrogens with zero attached hydrogens (tertiary/aromatic N) is 3. The zero-order valence-electron chi connectivity index (χ0n) is 21.4. The molecule has 1 atom stereocenters. The van der Waals surface area contributed by atoms with E-state index in [0.29, 0.717) is 11.3 Å². The normalized spacial score (nSPS) is 12.1. The molecule has 0 spiro atoms. The van der Waals surface area contributed by atoms with E-state index in [2.05, 4.69) is 19.9 Å². The van der Waals surface area contributed by atoms with E-state index in [4.69, 9.17) is 0 Å². The quantitative estimate of drug-likeness (QED) is 0.203. The Kier molecular flexibility index (Phi) is 8.17. The highest BCUT2D eigenvalue weighted by atomic mass is 32.2. The molecule has 5 N–H and O–H groups in total. The number of aliphatic hydroxyl groups is 2. The number of hydrogen-bond acceptors (Lipinski definition) is 9. The van der Waals surface area contributed by atoms with E-state index in [0.717, 1.165) is 15.9 Å². The Labute approximate surface area is 222 Å². The van der Waals surface area contributed by atoms with Crippen LogP contribution >= 0.6 is 12.1 Å².